The summed E-state index contributed by atoms with van der Waals surface area (Å²) in [6.45, 7) is 1.82. The van der Waals surface area contributed by atoms with Crippen LogP contribution in [0.1, 0.15) is 16.7 Å². The molecule has 0 aliphatic heterocycles. The van der Waals surface area contributed by atoms with Gasteiger partial charge in [0.1, 0.15) is 0 Å². The van der Waals surface area contributed by atoms with Crippen molar-refractivity contribution in [1.29, 1.82) is 0 Å². The number of hydrogen-bond donors (Lipinski definition) is 1. The summed E-state index contributed by atoms with van der Waals surface area (Å²) in [5.41, 5.74) is 4.81. The number of nitro groups is 1. The van der Waals surface area contributed by atoms with Crippen molar-refractivity contribution in [3.05, 3.63) is 87.5 Å². The largest absolute Gasteiger partial charge is 0.273 e. The number of fused-ring (bicyclic) bond motifs is 1. The summed E-state index contributed by atoms with van der Waals surface area (Å²) in [4.78, 5) is 22.6. The van der Waals surface area contributed by atoms with Gasteiger partial charge in [-0.25, -0.2) is 5.43 Å². The van der Waals surface area contributed by atoms with Gasteiger partial charge in [-0.2, -0.15) is 5.10 Å². The molecule has 0 heterocycles. The van der Waals surface area contributed by atoms with Crippen LogP contribution in [0.2, 0.25) is 0 Å². The number of amides is 1. The van der Waals surface area contributed by atoms with Crippen molar-refractivity contribution in [2.24, 2.45) is 5.10 Å². The standard InChI is InChI=1S/C20H17N3O3/c1-14-9-10-18(23(25)26)11-17(14)13-21-22-20(24)12-16-7-4-6-15-5-2-3-8-19(15)16/h2-11,13H,12H2,1H3,(H,22,24)/b21-13-. The van der Waals surface area contributed by atoms with Gasteiger partial charge in [0.25, 0.3) is 5.69 Å². The number of aryl methyl sites for hydroxylation is 1. The lowest BCUT2D eigenvalue weighted by atomic mass is 10.0. The highest BCUT2D eigenvalue weighted by molar-refractivity contribution is 5.90. The molecule has 0 saturated carbocycles. The van der Waals surface area contributed by atoms with Crippen molar-refractivity contribution < 1.29 is 9.72 Å². The molecule has 0 aliphatic carbocycles. The first-order chi connectivity index (χ1) is 12.5. The van der Waals surface area contributed by atoms with E-state index in [0.717, 1.165) is 21.9 Å². The molecule has 3 aromatic carbocycles. The summed E-state index contributed by atoms with van der Waals surface area (Å²) in [6.07, 6.45) is 1.62. The van der Waals surface area contributed by atoms with Gasteiger partial charge in [0.15, 0.2) is 0 Å². The van der Waals surface area contributed by atoms with E-state index in [1.807, 2.05) is 49.4 Å². The predicted molar refractivity (Wildman–Crippen MR) is 101 cm³/mol. The molecule has 0 spiro atoms. The van der Waals surface area contributed by atoms with Crippen LogP contribution in [0.5, 0.6) is 0 Å². The zero-order valence-electron chi connectivity index (χ0n) is 14.2. The van der Waals surface area contributed by atoms with Gasteiger partial charge in [-0.05, 0) is 28.8 Å². The molecule has 6 heteroatoms. The van der Waals surface area contributed by atoms with Crippen LogP contribution >= 0.6 is 0 Å². The van der Waals surface area contributed by atoms with Crippen LogP contribution in [0.25, 0.3) is 10.8 Å². The van der Waals surface area contributed by atoms with Crippen LogP contribution in [-0.2, 0) is 11.2 Å². The molecule has 0 radical (unpaired) electrons. The second-order valence-corrected chi connectivity index (χ2v) is 5.91. The second-order valence-electron chi connectivity index (χ2n) is 5.91. The molecule has 6 nitrogen and oxygen atoms in total. The monoisotopic (exact) mass is 347 g/mol. The normalized spacial score (nSPS) is 11.0. The average molecular weight is 347 g/mol. The molecule has 0 saturated heterocycles. The van der Waals surface area contributed by atoms with Crippen molar-refractivity contribution >= 4 is 28.6 Å². The molecule has 3 rings (SSSR count). The summed E-state index contributed by atoms with van der Waals surface area (Å²) in [5, 5.41) is 16.9. The zero-order chi connectivity index (χ0) is 18.5. The Labute approximate surface area is 150 Å². The third kappa shape index (κ3) is 3.92. The van der Waals surface area contributed by atoms with Crippen molar-refractivity contribution in [3.63, 3.8) is 0 Å². The molecule has 26 heavy (non-hydrogen) atoms. The maximum Gasteiger partial charge on any atom is 0.270 e. The summed E-state index contributed by atoms with van der Waals surface area (Å²) < 4.78 is 0. The molecular formula is C20H17N3O3. The van der Waals surface area contributed by atoms with Gasteiger partial charge in [-0.15, -0.1) is 0 Å². The van der Waals surface area contributed by atoms with Crippen molar-refractivity contribution in [1.82, 2.24) is 5.43 Å². The van der Waals surface area contributed by atoms with Gasteiger partial charge >= 0.3 is 0 Å². The minimum Gasteiger partial charge on any atom is -0.273 e. The lowest BCUT2D eigenvalue weighted by molar-refractivity contribution is -0.384. The lowest BCUT2D eigenvalue weighted by Crippen LogP contribution is -2.20. The van der Waals surface area contributed by atoms with Gasteiger partial charge < -0.3 is 0 Å². The molecule has 0 atom stereocenters. The Hall–Kier alpha value is -3.54. The quantitative estimate of drug-likeness (QED) is 0.433. The Balaban J connectivity index is 1.70. The van der Waals surface area contributed by atoms with Gasteiger partial charge in [-0.3, -0.25) is 14.9 Å². The highest BCUT2D eigenvalue weighted by Crippen LogP contribution is 2.19. The minimum absolute atomic E-state index is 0.0147. The number of carbonyl (C=O) groups is 1. The number of non-ortho nitro benzene ring substituents is 1. The van der Waals surface area contributed by atoms with E-state index < -0.39 is 4.92 Å². The second kappa shape index (κ2) is 7.57. The summed E-state index contributed by atoms with van der Waals surface area (Å²) in [7, 11) is 0. The number of benzene rings is 3. The van der Waals surface area contributed by atoms with Crippen LogP contribution in [0.15, 0.2) is 65.8 Å². The maximum atomic E-state index is 12.2. The van der Waals surface area contributed by atoms with Crippen LogP contribution in [0.4, 0.5) is 5.69 Å². The van der Waals surface area contributed by atoms with Crippen molar-refractivity contribution in [2.45, 2.75) is 13.3 Å². The molecule has 3 aromatic rings. The molecule has 0 fully saturated rings. The van der Waals surface area contributed by atoms with Crippen LogP contribution < -0.4 is 5.43 Å². The van der Waals surface area contributed by atoms with E-state index in [9.17, 15) is 14.9 Å². The van der Waals surface area contributed by atoms with E-state index in [0.29, 0.717) is 5.56 Å². The van der Waals surface area contributed by atoms with Crippen molar-refractivity contribution in [3.8, 4) is 0 Å². The van der Waals surface area contributed by atoms with Crippen LogP contribution in [-0.4, -0.2) is 17.0 Å². The Morgan fingerprint density at radius 2 is 1.92 bits per heavy atom. The zero-order valence-corrected chi connectivity index (χ0v) is 14.2. The third-order valence-corrected chi connectivity index (χ3v) is 4.10. The molecule has 0 bridgehead atoms. The van der Waals surface area contributed by atoms with Gasteiger partial charge in [0.05, 0.1) is 17.6 Å². The molecular weight excluding hydrogens is 330 g/mol. The number of hydrazone groups is 1. The van der Waals surface area contributed by atoms with E-state index in [2.05, 4.69) is 10.5 Å². The van der Waals surface area contributed by atoms with E-state index >= 15 is 0 Å². The molecule has 0 aliphatic rings. The molecule has 130 valence electrons. The first-order valence-electron chi connectivity index (χ1n) is 8.08. The van der Waals surface area contributed by atoms with Gasteiger partial charge in [0.2, 0.25) is 5.91 Å². The Kier molecular flexibility index (Phi) is 5.03. The fourth-order valence-corrected chi connectivity index (χ4v) is 2.71. The smallest absolute Gasteiger partial charge is 0.270 e. The highest BCUT2D eigenvalue weighted by Gasteiger charge is 2.08. The molecule has 0 aromatic heterocycles. The fourth-order valence-electron chi connectivity index (χ4n) is 2.71. The van der Waals surface area contributed by atoms with Crippen LogP contribution in [0, 0.1) is 17.0 Å². The average Bonchev–Trinajstić information content (AvgIpc) is 2.63. The van der Waals surface area contributed by atoms with E-state index in [4.69, 9.17) is 0 Å². The third-order valence-electron chi connectivity index (χ3n) is 4.10. The van der Waals surface area contributed by atoms with E-state index in [1.165, 1.54) is 18.3 Å². The molecule has 1 N–H and O–H groups in total. The fraction of sp³-hybridized carbons (Fsp3) is 0.100. The Bertz CT molecular complexity index is 1010. The topological polar surface area (TPSA) is 84.6 Å². The van der Waals surface area contributed by atoms with Gasteiger partial charge in [-0.1, -0.05) is 48.5 Å². The SMILES string of the molecule is Cc1ccc([N+](=O)[O-])cc1/C=N\NC(=O)Cc1cccc2ccccc12. The minimum atomic E-state index is -0.462. The summed E-state index contributed by atoms with van der Waals surface area (Å²) >= 11 is 0. The van der Waals surface area contributed by atoms with Crippen molar-refractivity contribution in [2.75, 3.05) is 0 Å². The van der Waals surface area contributed by atoms with Crippen LogP contribution in [0.3, 0.4) is 0 Å². The first-order valence-corrected chi connectivity index (χ1v) is 8.08. The first kappa shape index (κ1) is 17.3. The number of nitro benzene ring substituents is 1. The Morgan fingerprint density at radius 1 is 1.15 bits per heavy atom. The summed E-state index contributed by atoms with van der Waals surface area (Å²) in [6, 6.07) is 18.2. The summed E-state index contributed by atoms with van der Waals surface area (Å²) in [5.74, 6) is -0.249. The number of rotatable bonds is 5. The Morgan fingerprint density at radius 3 is 2.73 bits per heavy atom. The lowest BCUT2D eigenvalue weighted by Gasteiger charge is -2.05. The number of nitrogens with one attached hydrogen (secondary N) is 1. The van der Waals surface area contributed by atoms with E-state index in [-0.39, 0.29) is 18.0 Å². The maximum absolute atomic E-state index is 12.2. The van der Waals surface area contributed by atoms with Gasteiger partial charge in [0, 0.05) is 17.7 Å². The molecule has 1 amide bonds. The number of nitrogens with zero attached hydrogens (tertiary/aromatic N) is 2. The number of hydrogen-bond acceptors (Lipinski definition) is 4. The van der Waals surface area contributed by atoms with E-state index in [1.54, 1.807) is 6.07 Å². The predicted octanol–water partition coefficient (Wildman–Crippen LogP) is 3.75. The highest BCUT2D eigenvalue weighted by atomic mass is 16.6. The molecule has 0 unspecified atom stereocenters. The number of carbonyl (C=O) groups excluding carboxylic acids is 1.